The van der Waals surface area contributed by atoms with Crippen LogP contribution in [0.4, 0.5) is 5.69 Å². The van der Waals surface area contributed by atoms with Crippen LogP contribution in [0, 0.1) is 12.8 Å². The molecule has 1 amide bonds. The monoisotopic (exact) mass is 395 g/mol. The molecule has 1 aliphatic heterocycles. The maximum absolute atomic E-state index is 12.9. The van der Waals surface area contributed by atoms with Crippen LogP contribution in [-0.4, -0.2) is 62.7 Å². The number of aryl methyl sites for hydroxylation is 1. The minimum absolute atomic E-state index is 0.0827. The zero-order chi connectivity index (χ0) is 20.6. The van der Waals surface area contributed by atoms with Crippen molar-refractivity contribution in [2.75, 3.05) is 52.3 Å². The molecule has 1 aliphatic rings. The molecular weight excluding hydrogens is 362 g/mol. The molecular formula is C24H33N3O2. The van der Waals surface area contributed by atoms with Crippen molar-refractivity contribution in [1.82, 2.24) is 9.80 Å². The van der Waals surface area contributed by atoms with E-state index < -0.39 is 0 Å². The SMILES string of the molecule is COCCN1CC[C@@H](CN(C)C(=O)c2cccc(NCc3ccc(C)cc3)c2)C1. The predicted octanol–water partition coefficient (Wildman–Crippen LogP) is 3.65. The lowest BCUT2D eigenvalue weighted by Crippen LogP contribution is -2.33. The lowest BCUT2D eigenvalue weighted by atomic mass is 10.1. The minimum Gasteiger partial charge on any atom is -0.383 e. The first kappa shape index (κ1) is 21.3. The normalized spacial score (nSPS) is 16.7. The van der Waals surface area contributed by atoms with E-state index in [1.54, 1.807) is 7.11 Å². The number of amides is 1. The molecule has 2 aromatic carbocycles. The molecule has 1 atom stereocenters. The number of rotatable bonds is 9. The van der Waals surface area contributed by atoms with E-state index in [0.717, 1.165) is 57.0 Å². The third kappa shape index (κ3) is 6.31. The third-order valence-corrected chi connectivity index (χ3v) is 5.59. The standard InChI is InChI=1S/C24H33N3O2/c1-19-7-9-20(10-8-19)16-25-23-6-4-5-22(15-23)24(28)26(2)17-21-11-12-27(18-21)13-14-29-3/h4-10,15,21,25H,11-14,16-18H2,1-3H3/t21-/m0/s1. The Kier molecular flexibility index (Phi) is 7.67. The van der Waals surface area contributed by atoms with E-state index in [2.05, 4.69) is 41.4 Å². The highest BCUT2D eigenvalue weighted by Crippen LogP contribution is 2.19. The quantitative estimate of drug-likeness (QED) is 0.704. The van der Waals surface area contributed by atoms with Crippen molar-refractivity contribution in [2.45, 2.75) is 19.9 Å². The Bertz CT molecular complexity index is 791. The van der Waals surface area contributed by atoms with E-state index in [0.29, 0.717) is 5.92 Å². The average Bonchev–Trinajstić information content (AvgIpc) is 3.18. The van der Waals surface area contributed by atoms with E-state index in [1.165, 1.54) is 11.1 Å². The van der Waals surface area contributed by atoms with Crippen LogP contribution in [0.15, 0.2) is 48.5 Å². The molecule has 0 aliphatic carbocycles. The Morgan fingerprint density at radius 2 is 2.03 bits per heavy atom. The smallest absolute Gasteiger partial charge is 0.253 e. The van der Waals surface area contributed by atoms with Gasteiger partial charge in [0, 0.05) is 51.6 Å². The van der Waals surface area contributed by atoms with Gasteiger partial charge in [0.05, 0.1) is 6.61 Å². The number of likely N-dealkylation sites (tertiary alicyclic amines) is 1. The topological polar surface area (TPSA) is 44.8 Å². The van der Waals surface area contributed by atoms with E-state index in [1.807, 2.05) is 36.2 Å². The van der Waals surface area contributed by atoms with Crippen LogP contribution >= 0.6 is 0 Å². The summed E-state index contributed by atoms with van der Waals surface area (Å²) in [5.74, 6) is 0.614. The average molecular weight is 396 g/mol. The number of carbonyl (C=O) groups is 1. The van der Waals surface area contributed by atoms with Gasteiger partial charge in [0.1, 0.15) is 0 Å². The molecule has 2 aromatic rings. The van der Waals surface area contributed by atoms with Gasteiger partial charge in [0.25, 0.3) is 5.91 Å². The fourth-order valence-electron chi connectivity index (χ4n) is 3.85. The van der Waals surface area contributed by atoms with Gasteiger partial charge in [0.15, 0.2) is 0 Å². The number of anilines is 1. The highest BCUT2D eigenvalue weighted by molar-refractivity contribution is 5.95. The summed E-state index contributed by atoms with van der Waals surface area (Å²) in [7, 11) is 3.65. The van der Waals surface area contributed by atoms with Crippen LogP contribution in [0.3, 0.4) is 0 Å². The van der Waals surface area contributed by atoms with Crippen LogP contribution < -0.4 is 5.32 Å². The van der Waals surface area contributed by atoms with Crippen molar-refractivity contribution in [1.29, 1.82) is 0 Å². The predicted molar refractivity (Wildman–Crippen MR) is 118 cm³/mol. The van der Waals surface area contributed by atoms with Gasteiger partial charge >= 0.3 is 0 Å². The van der Waals surface area contributed by atoms with Crippen LogP contribution in [0.1, 0.15) is 27.9 Å². The molecule has 1 heterocycles. The number of carbonyl (C=O) groups excluding carboxylic acids is 1. The van der Waals surface area contributed by atoms with Crippen molar-refractivity contribution < 1.29 is 9.53 Å². The number of hydrogen-bond donors (Lipinski definition) is 1. The first-order chi connectivity index (χ1) is 14.0. The maximum atomic E-state index is 12.9. The number of benzene rings is 2. The molecule has 0 saturated carbocycles. The molecule has 1 saturated heterocycles. The fraction of sp³-hybridized carbons (Fsp3) is 0.458. The van der Waals surface area contributed by atoms with Gasteiger partial charge in [0.2, 0.25) is 0 Å². The molecule has 0 unspecified atom stereocenters. The molecule has 29 heavy (non-hydrogen) atoms. The largest absolute Gasteiger partial charge is 0.383 e. The molecule has 0 radical (unpaired) electrons. The third-order valence-electron chi connectivity index (χ3n) is 5.59. The second-order valence-electron chi connectivity index (χ2n) is 8.05. The molecule has 156 valence electrons. The van der Waals surface area contributed by atoms with Crippen molar-refractivity contribution in [3.05, 3.63) is 65.2 Å². The fourth-order valence-corrected chi connectivity index (χ4v) is 3.85. The second kappa shape index (κ2) is 10.4. The van der Waals surface area contributed by atoms with E-state index in [4.69, 9.17) is 4.74 Å². The van der Waals surface area contributed by atoms with Crippen molar-refractivity contribution in [2.24, 2.45) is 5.92 Å². The number of hydrogen-bond acceptors (Lipinski definition) is 4. The van der Waals surface area contributed by atoms with Crippen molar-refractivity contribution >= 4 is 11.6 Å². The first-order valence-corrected chi connectivity index (χ1v) is 10.4. The number of nitrogens with zero attached hydrogens (tertiary/aromatic N) is 2. The van der Waals surface area contributed by atoms with E-state index in [-0.39, 0.29) is 5.91 Å². The van der Waals surface area contributed by atoms with Gasteiger partial charge in [-0.3, -0.25) is 4.79 Å². The van der Waals surface area contributed by atoms with Crippen LogP contribution in [-0.2, 0) is 11.3 Å². The van der Waals surface area contributed by atoms with Crippen molar-refractivity contribution in [3.63, 3.8) is 0 Å². The zero-order valence-electron chi connectivity index (χ0n) is 17.9. The summed E-state index contributed by atoms with van der Waals surface area (Å²) in [6, 6.07) is 16.3. The lowest BCUT2D eigenvalue weighted by Gasteiger charge is -2.22. The van der Waals surface area contributed by atoms with Crippen LogP contribution in [0.2, 0.25) is 0 Å². The Balaban J connectivity index is 1.52. The van der Waals surface area contributed by atoms with Crippen LogP contribution in [0.5, 0.6) is 0 Å². The number of methoxy groups -OCH3 is 1. The summed E-state index contributed by atoms with van der Waals surface area (Å²) in [4.78, 5) is 17.2. The molecule has 5 nitrogen and oxygen atoms in total. The highest BCUT2D eigenvalue weighted by Gasteiger charge is 2.25. The molecule has 3 rings (SSSR count). The first-order valence-electron chi connectivity index (χ1n) is 10.4. The van der Waals surface area contributed by atoms with Gasteiger partial charge < -0.3 is 19.9 Å². The molecule has 1 fully saturated rings. The molecule has 0 spiro atoms. The summed E-state index contributed by atoms with van der Waals surface area (Å²) in [6.45, 7) is 7.50. The van der Waals surface area contributed by atoms with E-state index in [9.17, 15) is 4.79 Å². The molecule has 1 N–H and O–H groups in total. The van der Waals surface area contributed by atoms with Gasteiger partial charge in [-0.25, -0.2) is 0 Å². The van der Waals surface area contributed by atoms with Crippen molar-refractivity contribution in [3.8, 4) is 0 Å². The summed E-state index contributed by atoms with van der Waals surface area (Å²) < 4.78 is 5.17. The Hall–Kier alpha value is -2.37. The summed E-state index contributed by atoms with van der Waals surface area (Å²) >= 11 is 0. The van der Waals surface area contributed by atoms with Crippen LogP contribution in [0.25, 0.3) is 0 Å². The molecule has 0 bridgehead atoms. The Morgan fingerprint density at radius 1 is 1.24 bits per heavy atom. The zero-order valence-corrected chi connectivity index (χ0v) is 17.9. The lowest BCUT2D eigenvalue weighted by molar-refractivity contribution is 0.0772. The van der Waals surface area contributed by atoms with Gasteiger partial charge in [-0.1, -0.05) is 35.9 Å². The molecule has 5 heteroatoms. The Morgan fingerprint density at radius 3 is 2.79 bits per heavy atom. The van der Waals surface area contributed by atoms with Gasteiger partial charge in [-0.2, -0.15) is 0 Å². The van der Waals surface area contributed by atoms with Gasteiger partial charge in [-0.05, 0) is 49.6 Å². The molecule has 0 aromatic heterocycles. The Labute approximate surface area is 174 Å². The summed E-state index contributed by atoms with van der Waals surface area (Å²) in [5.41, 5.74) is 4.18. The summed E-state index contributed by atoms with van der Waals surface area (Å²) in [6.07, 6.45) is 1.14. The maximum Gasteiger partial charge on any atom is 0.253 e. The number of ether oxygens (including phenoxy) is 1. The van der Waals surface area contributed by atoms with E-state index >= 15 is 0 Å². The minimum atomic E-state index is 0.0827. The highest BCUT2D eigenvalue weighted by atomic mass is 16.5. The summed E-state index contributed by atoms with van der Waals surface area (Å²) in [5, 5.41) is 3.42. The second-order valence-corrected chi connectivity index (χ2v) is 8.05. The van der Waals surface area contributed by atoms with Gasteiger partial charge in [-0.15, -0.1) is 0 Å². The number of nitrogens with one attached hydrogen (secondary N) is 1.